The molecular weight excluding hydrogens is 297 g/mol. The Kier molecular flexibility index (Phi) is 3.43. The summed E-state index contributed by atoms with van der Waals surface area (Å²) in [6.45, 7) is 1.62. The molecular formula is C17H18FN3O2. The van der Waals surface area contributed by atoms with Gasteiger partial charge in [0, 0.05) is 60.5 Å². The average Bonchev–Trinajstić information content (AvgIpc) is 3.13. The van der Waals surface area contributed by atoms with Gasteiger partial charge in [0.25, 0.3) is 0 Å². The second kappa shape index (κ2) is 5.47. The van der Waals surface area contributed by atoms with Crippen molar-refractivity contribution in [2.45, 2.75) is 25.0 Å². The maximum atomic E-state index is 13.3. The second-order valence-electron chi connectivity index (χ2n) is 6.16. The first-order chi connectivity index (χ1) is 11.1. The van der Waals surface area contributed by atoms with Crippen molar-refractivity contribution in [1.82, 2.24) is 14.8 Å². The van der Waals surface area contributed by atoms with Crippen LogP contribution < -0.4 is 0 Å². The number of aromatic amines is 1. The van der Waals surface area contributed by atoms with E-state index in [0.29, 0.717) is 32.6 Å². The number of fused-ring (bicyclic) bond motifs is 1. The molecule has 0 saturated carbocycles. The highest BCUT2D eigenvalue weighted by atomic mass is 19.1. The molecule has 0 amide bonds. The summed E-state index contributed by atoms with van der Waals surface area (Å²) in [5.74, 6) is -0.261. The smallest absolute Gasteiger partial charge is 0.125 e. The highest BCUT2D eigenvalue weighted by molar-refractivity contribution is 5.95. The third-order valence-corrected chi connectivity index (χ3v) is 4.47. The molecule has 1 aliphatic rings. The molecule has 3 heterocycles. The summed E-state index contributed by atoms with van der Waals surface area (Å²) in [7, 11) is 0. The van der Waals surface area contributed by atoms with Gasteiger partial charge in [0.1, 0.15) is 5.82 Å². The van der Waals surface area contributed by atoms with Crippen molar-refractivity contribution in [3.63, 3.8) is 0 Å². The van der Waals surface area contributed by atoms with Crippen molar-refractivity contribution >= 4 is 10.9 Å². The molecule has 0 atom stereocenters. The molecule has 0 unspecified atom stereocenters. The number of hydrogen-bond donors (Lipinski definition) is 2. The molecule has 120 valence electrons. The standard InChI is InChI=1S/C17H18FN3O2/c18-13-1-2-14-15(9-19-16(14)7-13)12-8-20-21(10-12)11-17(22)3-5-23-6-4-17/h1-2,7-10,19,22H,3-6,11H2. The van der Waals surface area contributed by atoms with E-state index in [9.17, 15) is 9.50 Å². The number of ether oxygens (including phenoxy) is 1. The molecule has 6 heteroatoms. The number of nitrogens with zero attached hydrogens (tertiary/aromatic N) is 2. The quantitative estimate of drug-likeness (QED) is 0.781. The first-order valence-electron chi connectivity index (χ1n) is 7.73. The molecule has 3 aromatic rings. The lowest BCUT2D eigenvalue weighted by Crippen LogP contribution is -2.40. The van der Waals surface area contributed by atoms with Crippen molar-refractivity contribution < 1.29 is 14.2 Å². The van der Waals surface area contributed by atoms with E-state index in [4.69, 9.17) is 4.74 Å². The Hall–Kier alpha value is -2.18. The average molecular weight is 315 g/mol. The van der Waals surface area contributed by atoms with E-state index in [2.05, 4.69) is 10.1 Å². The van der Waals surface area contributed by atoms with Gasteiger partial charge >= 0.3 is 0 Å². The summed E-state index contributed by atoms with van der Waals surface area (Å²) < 4.78 is 20.3. The Balaban J connectivity index is 1.62. The Morgan fingerprint density at radius 2 is 2.17 bits per heavy atom. The van der Waals surface area contributed by atoms with Crippen molar-refractivity contribution in [3.8, 4) is 11.1 Å². The molecule has 0 spiro atoms. The van der Waals surface area contributed by atoms with E-state index in [1.54, 1.807) is 16.9 Å². The van der Waals surface area contributed by atoms with E-state index >= 15 is 0 Å². The molecule has 1 saturated heterocycles. The summed E-state index contributed by atoms with van der Waals surface area (Å²) in [4.78, 5) is 3.08. The molecule has 4 rings (SSSR count). The van der Waals surface area contributed by atoms with Crippen LogP contribution in [-0.4, -0.2) is 38.7 Å². The fourth-order valence-corrected chi connectivity index (χ4v) is 3.14. The zero-order chi connectivity index (χ0) is 15.9. The third-order valence-electron chi connectivity index (χ3n) is 4.47. The molecule has 0 aliphatic carbocycles. The zero-order valence-corrected chi connectivity index (χ0v) is 12.6. The van der Waals surface area contributed by atoms with Gasteiger partial charge in [-0.15, -0.1) is 0 Å². The van der Waals surface area contributed by atoms with Crippen LogP contribution in [0.15, 0.2) is 36.8 Å². The summed E-state index contributed by atoms with van der Waals surface area (Å²) in [5, 5.41) is 15.9. The molecule has 5 nitrogen and oxygen atoms in total. The SMILES string of the molecule is OC1(Cn2cc(-c3c[nH]c4cc(F)ccc34)cn2)CCOCC1. The van der Waals surface area contributed by atoms with Gasteiger partial charge in [-0.05, 0) is 18.2 Å². The Labute approximate surface area is 132 Å². The van der Waals surface area contributed by atoms with Crippen LogP contribution in [0.2, 0.25) is 0 Å². The number of aliphatic hydroxyl groups is 1. The minimum Gasteiger partial charge on any atom is -0.388 e. The minimum absolute atomic E-state index is 0.261. The van der Waals surface area contributed by atoms with Gasteiger partial charge in [0.15, 0.2) is 0 Å². The highest BCUT2D eigenvalue weighted by Crippen LogP contribution is 2.29. The number of hydrogen-bond acceptors (Lipinski definition) is 3. The van der Waals surface area contributed by atoms with Gasteiger partial charge in [-0.25, -0.2) is 4.39 Å². The van der Waals surface area contributed by atoms with Crippen LogP contribution in [0.3, 0.4) is 0 Å². The third kappa shape index (κ3) is 2.75. The van der Waals surface area contributed by atoms with Gasteiger partial charge in [0.2, 0.25) is 0 Å². The normalized spacial score (nSPS) is 17.7. The van der Waals surface area contributed by atoms with Crippen molar-refractivity contribution in [2.24, 2.45) is 0 Å². The van der Waals surface area contributed by atoms with Crippen LogP contribution in [0.25, 0.3) is 22.0 Å². The fraction of sp³-hybridized carbons (Fsp3) is 0.353. The number of rotatable bonds is 3. The van der Waals surface area contributed by atoms with Crippen LogP contribution >= 0.6 is 0 Å². The van der Waals surface area contributed by atoms with Crippen LogP contribution in [0, 0.1) is 5.82 Å². The number of nitrogens with one attached hydrogen (secondary N) is 1. The first-order valence-corrected chi connectivity index (χ1v) is 7.73. The van der Waals surface area contributed by atoms with Gasteiger partial charge in [-0.3, -0.25) is 4.68 Å². The lowest BCUT2D eigenvalue weighted by molar-refractivity contribution is -0.0744. The van der Waals surface area contributed by atoms with Crippen LogP contribution in [0.1, 0.15) is 12.8 Å². The van der Waals surface area contributed by atoms with E-state index in [1.165, 1.54) is 12.1 Å². The first kappa shape index (κ1) is 14.4. The molecule has 0 bridgehead atoms. The summed E-state index contributed by atoms with van der Waals surface area (Å²) in [5.41, 5.74) is 1.92. The number of aromatic nitrogens is 3. The molecule has 0 radical (unpaired) electrons. The monoisotopic (exact) mass is 315 g/mol. The Bertz CT molecular complexity index is 833. The Morgan fingerprint density at radius 3 is 3.00 bits per heavy atom. The molecule has 23 heavy (non-hydrogen) atoms. The van der Waals surface area contributed by atoms with Crippen molar-refractivity contribution in [2.75, 3.05) is 13.2 Å². The number of halogens is 1. The molecule has 1 aliphatic heterocycles. The second-order valence-corrected chi connectivity index (χ2v) is 6.16. The van der Waals surface area contributed by atoms with E-state index < -0.39 is 5.60 Å². The van der Waals surface area contributed by atoms with Crippen molar-refractivity contribution in [3.05, 3.63) is 42.6 Å². The predicted octanol–water partition coefficient (Wildman–Crippen LogP) is 2.71. The van der Waals surface area contributed by atoms with Gasteiger partial charge in [-0.1, -0.05) is 0 Å². The molecule has 2 N–H and O–H groups in total. The molecule has 1 fully saturated rings. The zero-order valence-electron chi connectivity index (χ0n) is 12.6. The lowest BCUT2D eigenvalue weighted by Gasteiger charge is -2.31. The van der Waals surface area contributed by atoms with E-state index in [1.807, 2.05) is 12.4 Å². The van der Waals surface area contributed by atoms with Crippen LogP contribution in [-0.2, 0) is 11.3 Å². The fourth-order valence-electron chi connectivity index (χ4n) is 3.14. The molecule has 1 aromatic carbocycles. The maximum Gasteiger partial charge on any atom is 0.125 e. The van der Waals surface area contributed by atoms with E-state index in [-0.39, 0.29) is 5.82 Å². The van der Waals surface area contributed by atoms with Crippen molar-refractivity contribution in [1.29, 1.82) is 0 Å². The summed E-state index contributed by atoms with van der Waals surface area (Å²) in [6, 6.07) is 4.70. The lowest BCUT2D eigenvalue weighted by atomic mass is 9.94. The van der Waals surface area contributed by atoms with Crippen LogP contribution in [0.4, 0.5) is 4.39 Å². The number of H-pyrrole nitrogens is 1. The predicted molar refractivity (Wildman–Crippen MR) is 84.5 cm³/mol. The Morgan fingerprint density at radius 1 is 1.35 bits per heavy atom. The van der Waals surface area contributed by atoms with Crippen LogP contribution in [0.5, 0.6) is 0 Å². The number of benzene rings is 1. The van der Waals surface area contributed by atoms with Gasteiger partial charge in [0.05, 0.1) is 18.3 Å². The highest BCUT2D eigenvalue weighted by Gasteiger charge is 2.30. The largest absolute Gasteiger partial charge is 0.388 e. The topological polar surface area (TPSA) is 63.1 Å². The van der Waals surface area contributed by atoms with Gasteiger partial charge in [-0.2, -0.15) is 5.10 Å². The summed E-state index contributed by atoms with van der Waals surface area (Å²) in [6.07, 6.45) is 6.78. The minimum atomic E-state index is -0.759. The van der Waals surface area contributed by atoms with Gasteiger partial charge < -0.3 is 14.8 Å². The molecule has 2 aromatic heterocycles. The maximum absolute atomic E-state index is 13.3. The summed E-state index contributed by atoms with van der Waals surface area (Å²) >= 11 is 0. The van der Waals surface area contributed by atoms with E-state index in [0.717, 1.165) is 22.0 Å².